The molecule has 1 aliphatic carbocycles. The fourth-order valence-electron chi connectivity index (χ4n) is 3.11. The number of nitrogens with one attached hydrogen (secondary N) is 1. The highest BCUT2D eigenvalue weighted by Crippen LogP contribution is 2.35. The first-order chi connectivity index (χ1) is 10.3. The third-order valence-corrected chi connectivity index (χ3v) is 4.14. The zero-order valence-electron chi connectivity index (χ0n) is 11.5. The number of hydrogen-bond acceptors (Lipinski definition) is 2. The van der Waals surface area contributed by atoms with Crippen molar-refractivity contribution >= 4 is 16.6 Å². The quantitative estimate of drug-likeness (QED) is 0.748. The van der Waals surface area contributed by atoms with Gasteiger partial charge in [-0.2, -0.15) is 0 Å². The first-order valence-electron chi connectivity index (χ1n) is 7.20. The molecule has 3 heteroatoms. The van der Waals surface area contributed by atoms with Gasteiger partial charge >= 0.3 is 0 Å². The van der Waals surface area contributed by atoms with Gasteiger partial charge in [0.1, 0.15) is 5.82 Å². The second kappa shape index (κ2) is 4.85. The van der Waals surface area contributed by atoms with E-state index in [0.717, 1.165) is 40.6 Å². The molecule has 104 valence electrons. The highest BCUT2D eigenvalue weighted by atomic mass is 19.1. The van der Waals surface area contributed by atoms with E-state index in [9.17, 15) is 4.39 Å². The number of nitrogens with zero attached hydrogens (tertiary/aromatic N) is 1. The van der Waals surface area contributed by atoms with Crippen molar-refractivity contribution in [2.45, 2.75) is 18.9 Å². The highest BCUT2D eigenvalue weighted by Gasteiger charge is 2.24. The van der Waals surface area contributed by atoms with Crippen LogP contribution in [0.4, 0.5) is 10.1 Å². The number of halogens is 1. The molecule has 0 aliphatic heterocycles. The van der Waals surface area contributed by atoms with Crippen LogP contribution >= 0.6 is 0 Å². The van der Waals surface area contributed by atoms with Crippen LogP contribution in [-0.2, 0) is 6.42 Å². The Hall–Kier alpha value is -2.42. The summed E-state index contributed by atoms with van der Waals surface area (Å²) in [6.45, 7) is 0. The van der Waals surface area contributed by atoms with Crippen LogP contribution in [0.25, 0.3) is 10.9 Å². The molecular formula is C18H15FN2. The molecule has 1 atom stereocenters. The lowest BCUT2D eigenvalue weighted by Crippen LogP contribution is -2.07. The van der Waals surface area contributed by atoms with Crippen molar-refractivity contribution in [2.75, 3.05) is 5.32 Å². The Morgan fingerprint density at radius 3 is 2.95 bits per heavy atom. The van der Waals surface area contributed by atoms with Crippen molar-refractivity contribution in [1.82, 2.24) is 4.98 Å². The summed E-state index contributed by atoms with van der Waals surface area (Å²) < 4.78 is 13.8. The Labute approximate surface area is 122 Å². The van der Waals surface area contributed by atoms with Crippen LogP contribution < -0.4 is 5.32 Å². The van der Waals surface area contributed by atoms with Crippen LogP contribution in [0.1, 0.15) is 23.6 Å². The van der Waals surface area contributed by atoms with Gasteiger partial charge in [0.25, 0.3) is 0 Å². The lowest BCUT2D eigenvalue weighted by molar-refractivity contribution is 0.612. The molecule has 4 rings (SSSR count). The predicted octanol–water partition coefficient (Wildman–Crippen LogP) is 4.47. The maximum atomic E-state index is 13.8. The van der Waals surface area contributed by atoms with Gasteiger partial charge in [0.05, 0.1) is 23.4 Å². The first-order valence-corrected chi connectivity index (χ1v) is 7.20. The number of aromatic nitrogens is 1. The SMILES string of the molecule is Fc1cccc2c1CCC2Nc1cnc2ccccc2c1. The summed E-state index contributed by atoms with van der Waals surface area (Å²) in [5.41, 5.74) is 3.89. The summed E-state index contributed by atoms with van der Waals surface area (Å²) in [6.07, 6.45) is 3.56. The van der Waals surface area contributed by atoms with E-state index in [1.165, 1.54) is 0 Å². The largest absolute Gasteiger partial charge is 0.377 e. The molecule has 3 aromatic rings. The molecule has 0 radical (unpaired) electrons. The van der Waals surface area contributed by atoms with E-state index in [0.29, 0.717) is 0 Å². The molecule has 1 aliphatic rings. The van der Waals surface area contributed by atoms with Crippen LogP contribution in [-0.4, -0.2) is 4.98 Å². The minimum atomic E-state index is -0.0894. The molecule has 1 N–H and O–H groups in total. The molecule has 0 amide bonds. The maximum Gasteiger partial charge on any atom is 0.126 e. The minimum Gasteiger partial charge on any atom is -0.377 e. The van der Waals surface area contributed by atoms with E-state index < -0.39 is 0 Å². The molecular weight excluding hydrogens is 263 g/mol. The average molecular weight is 278 g/mol. The Morgan fingerprint density at radius 2 is 2.00 bits per heavy atom. The van der Waals surface area contributed by atoms with Gasteiger partial charge in [-0.25, -0.2) is 4.39 Å². The van der Waals surface area contributed by atoms with E-state index in [-0.39, 0.29) is 11.9 Å². The molecule has 1 heterocycles. The summed E-state index contributed by atoms with van der Waals surface area (Å²) >= 11 is 0. The number of pyridine rings is 1. The van der Waals surface area contributed by atoms with Gasteiger partial charge in [-0.05, 0) is 42.2 Å². The maximum absolute atomic E-state index is 13.8. The third-order valence-electron chi connectivity index (χ3n) is 4.14. The van der Waals surface area contributed by atoms with Crippen LogP contribution in [0.5, 0.6) is 0 Å². The molecule has 1 aromatic heterocycles. The Balaban J connectivity index is 1.66. The first kappa shape index (κ1) is 12.3. The Morgan fingerprint density at radius 1 is 1.10 bits per heavy atom. The lowest BCUT2D eigenvalue weighted by Gasteiger charge is -2.15. The zero-order valence-corrected chi connectivity index (χ0v) is 11.5. The average Bonchev–Trinajstić information content (AvgIpc) is 2.92. The summed E-state index contributed by atoms with van der Waals surface area (Å²) in [6, 6.07) is 15.6. The Bertz CT molecular complexity index is 813. The number of anilines is 1. The van der Waals surface area contributed by atoms with Crippen molar-refractivity contribution in [3.05, 3.63) is 71.7 Å². The molecule has 0 fully saturated rings. The zero-order chi connectivity index (χ0) is 14.2. The summed E-state index contributed by atoms with van der Waals surface area (Å²) in [4.78, 5) is 4.46. The van der Waals surface area contributed by atoms with Crippen molar-refractivity contribution in [3.63, 3.8) is 0 Å². The molecule has 0 spiro atoms. The smallest absolute Gasteiger partial charge is 0.126 e. The van der Waals surface area contributed by atoms with E-state index in [1.807, 2.05) is 30.5 Å². The summed E-state index contributed by atoms with van der Waals surface area (Å²) in [7, 11) is 0. The molecule has 0 saturated heterocycles. The van der Waals surface area contributed by atoms with Crippen LogP contribution in [0.2, 0.25) is 0 Å². The van der Waals surface area contributed by atoms with Gasteiger partial charge < -0.3 is 5.32 Å². The van der Waals surface area contributed by atoms with Gasteiger partial charge in [-0.1, -0.05) is 30.3 Å². The molecule has 21 heavy (non-hydrogen) atoms. The summed E-state index contributed by atoms with van der Waals surface area (Å²) in [5, 5.41) is 4.60. The van der Waals surface area contributed by atoms with Gasteiger partial charge in [0.15, 0.2) is 0 Å². The van der Waals surface area contributed by atoms with Crippen LogP contribution in [0.15, 0.2) is 54.7 Å². The summed E-state index contributed by atoms with van der Waals surface area (Å²) in [5.74, 6) is -0.0894. The second-order valence-corrected chi connectivity index (χ2v) is 5.46. The third kappa shape index (κ3) is 2.15. The highest BCUT2D eigenvalue weighted by molar-refractivity contribution is 5.81. The number of hydrogen-bond donors (Lipinski definition) is 1. The second-order valence-electron chi connectivity index (χ2n) is 5.46. The Kier molecular flexibility index (Phi) is 2.85. The van der Waals surface area contributed by atoms with E-state index in [2.05, 4.69) is 22.4 Å². The minimum absolute atomic E-state index is 0.0894. The van der Waals surface area contributed by atoms with E-state index >= 15 is 0 Å². The van der Waals surface area contributed by atoms with Crippen molar-refractivity contribution in [2.24, 2.45) is 0 Å². The molecule has 0 saturated carbocycles. The van der Waals surface area contributed by atoms with Crippen LogP contribution in [0.3, 0.4) is 0 Å². The lowest BCUT2D eigenvalue weighted by atomic mass is 10.1. The van der Waals surface area contributed by atoms with Crippen LogP contribution in [0, 0.1) is 5.82 Å². The van der Waals surface area contributed by atoms with Gasteiger partial charge in [-0.15, -0.1) is 0 Å². The number of benzene rings is 2. The van der Waals surface area contributed by atoms with Gasteiger partial charge in [0, 0.05) is 5.39 Å². The fraction of sp³-hybridized carbons (Fsp3) is 0.167. The fourth-order valence-corrected chi connectivity index (χ4v) is 3.11. The van der Waals surface area contributed by atoms with Gasteiger partial charge in [-0.3, -0.25) is 4.98 Å². The topological polar surface area (TPSA) is 24.9 Å². The van der Waals surface area contributed by atoms with Crippen molar-refractivity contribution in [1.29, 1.82) is 0 Å². The molecule has 0 bridgehead atoms. The molecule has 2 nitrogen and oxygen atoms in total. The number of para-hydroxylation sites is 1. The van der Waals surface area contributed by atoms with Crippen molar-refractivity contribution in [3.8, 4) is 0 Å². The van der Waals surface area contributed by atoms with Gasteiger partial charge in [0.2, 0.25) is 0 Å². The van der Waals surface area contributed by atoms with Crippen molar-refractivity contribution < 1.29 is 4.39 Å². The predicted molar refractivity (Wildman–Crippen MR) is 82.8 cm³/mol. The molecule has 2 aromatic carbocycles. The number of fused-ring (bicyclic) bond motifs is 2. The molecule has 1 unspecified atom stereocenters. The monoisotopic (exact) mass is 278 g/mol. The number of rotatable bonds is 2. The van der Waals surface area contributed by atoms with E-state index in [1.54, 1.807) is 12.1 Å². The van der Waals surface area contributed by atoms with E-state index in [4.69, 9.17) is 0 Å². The standard InChI is InChI=1S/C18H15FN2/c19-16-6-3-5-15-14(16)8-9-18(15)21-13-10-12-4-1-2-7-17(12)20-11-13/h1-7,10-11,18,21H,8-9H2. The normalized spacial score (nSPS) is 16.9.